The van der Waals surface area contributed by atoms with E-state index < -0.39 is 6.03 Å². The van der Waals surface area contributed by atoms with E-state index in [1.54, 1.807) is 12.3 Å². The van der Waals surface area contributed by atoms with Gasteiger partial charge in [-0.15, -0.1) is 0 Å². The van der Waals surface area contributed by atoms with Crippen molar-refractivity contribution < 1.29 is 4.79 Å². The minimum Gasteiger partial charge on any atom is -0.362 e. The highest BCUT2D eigenvalue weighted by atomic mass is 16.2. The van der Waals surface area contributed by atoms with Gasteiger partial charge in [-0.2, -0.15) is 0 Å². The van der Waals surface area contributed by atoms with Crippen LogP contribution < -0.4 is 11.1 Å². The number of nitrogens with one attached hydrogen (secondary N) is 2. The Kier molecular flexibility index (Phi) is 2.64. The molecule has 0 saturated carbocycles. The van der Waals surface area contributed by atoms with Crippen molar-refractivity contribution in [1.82, 2.24) is 4.98 Å². The molecule has 19 heavy (non-hydrogen) atoms. The van der Waals surface area contributed by atoms with Crippen LogP contribution in [0.2, 0.25) is 0 Å². The third-order valence-corrected chi connectivity index (χ3v) is 2.85. The van der Waals surface area contributed by atoms with Gasteiger partial charge in [0, 0.05) is 34.9 Å². The van der Waals surface area contributed by atoms with Gasteiger partial charge in [0.25, 0.3) is 0 Å². The molecule has 0 radical (unpaired) electrons. The number of hydrogen-bond acceptors (Lipinski definition) is 2. The van der Waals surface area contributed by atoms with Crippen LogP contribution in [0, 0.1) is 0 Å². The van der Waals surface area contributed by atoms with E-state index in [-0.39, 0.29) is 0 Å². The zero-order chi connectivity index (χ0) is 13.2. The number of anilines is 1. The van der Waals surface area contributed by atoms with Crippen LogP contribution in [0.4, 0.5) is 16.2 Å². The number of aliphatic imine (C=N–C) groups is 1. The van der Waals surface area contributed by atoms with Crippen LogP contribution in [-0.2, 0) is 0 Å². The third-order valence-electron chi connectivity index (χ3n) is 2.85. The summed E-state index contributed by atoms with van der Waals surface area (Å²) in [6.07, 6.45) is 5.67. The topological polar surface area (TPSA) is 83.3 Å². The van der Waals surface area contributed by atoms with E-state index in [2.05, 4.69) is 15.3 Å². The lowest BCUT2D eigenvalue weighted by molar-refractivity contribution is 0.259. The Morgan fingerprint density at radius 2 is 2.26 bits per heavy atom. The number of allylic oxidation sites excluding steroid dienone is 1. The summed E-state index contributed by atoms with van der Waals surface area (Å²) in [5.74, 6) is 0. The van der Waals surface area contributed by atoms with E-state index in [9.17, 15) is 4.79 Å². The summed E-state index contributed by atoms with van der Waals surface area (Å²) in [6.45, 7) is 0. The van der Waals surface area contributed by atoms with E-state index in [1.165, 1.54) is 0 Å². The van der Waals surface area contributed by atoms with Crippen LogP contribution in [0.15, 0.2) is 41.5 Å². The van der Waals surface area contributed by atoms with Crippen LogP contribution in [-0.4, -0.2) is 17.2 Å². The van der Waals surface area contributed by atoms with Crippen molar-refractivity contribution in [2.24, 2.45) is 10.7 Å². The molecule has 2 heterocycles. The number of primary amides is 1. The molecule has 3 rings (SSSR count). The molecule has 4 N–H and O–H groups in total. The fraction of sp³-hybridized carbons (Fsp3) is 0. The van der Waals surface area contributed by atoms with E-state index in [1.807, 2.05) is 36.5 Å². The van der Waals surface area contributed by atoms with Gasteiger partial charge >= 0.3 is 6.03 Å². The molecule has 0 bridgehead atoms. The molecule has 5 heteroatoms. The molecule has 94 valence electrons. The van der Waals surface area contributed by atoms with Gasteiger partial charge in [-0.05, 0) is 36.4 Å². The molecule has 0 saturated heterocycles. The van der Waals surface area contributed by atoms with Crippen molar-refractivity contribution >= 4 is 35.3 Å². The van der Waals surface area contributed by atoms with Crippen molar-refractivity contribution in [2.45, 2.75) is 0 Å². The molecule has 0 fully saturated rings. The quantitative estimate of drug-likeness (QED) is 0.754. The number of carbonyl (C=O) groups excluding carboxylic acids is 1. The molecule has 0 atom stereocenters. The number of H-pyrrole nitrogens is 1. The predicted octanol–water partition coefficient (Wildman–Crippen LogP) is 2.76. The second-order valence-corrected chi connectivity index (χ2v) is 4.20. The van der Waals surface area contributed by atoms with Crippen LogP contribution in [0.3, 0.4) is 0 Å². The number of carbonyl (C=O) groups is 1. The first-order valence-electron chi connectivity index (χ1n) is 5.82. The smallest absolute Gasteiger partial charge is 0.316 e. The normalized spacial score (nSPS) is 14.6. The highest BCUT2D eigenvalue weighted by molar-refractivity contribution is 6.21. The highest BCUT2D eigenvalue weighted by Gasteiger charge is 2.13. The van der Waals surface area contributed by atoms with E-state index >= 15 is 0 Å². The monoisotopic (exact) mass is 252 g/mol. The van der Waals surface area contributed by atoms with Crippen molar-refractivity contribution in [3.8, 4) is 0 Å². The standard InChI is InChI=1S/C14H12N4O/c15-14(19)18-11-3-4-13-12(7-11)9(8-17-13)6-10-2-1-5-16-10/h1-8,16H,(H3,15,18,19). The number of fused-ring (bicyclic) bond motifs is 1. The Hall–Kier alpha value is -2.82. The zero-order valence-corrected chi connectivity index (χ0v) is 10.1. The fourth-order valence-electron chi connectivity index (χ4n) is 2.03. The number of urea groups is 1. The maximum atomic E-state index is 10.9. The molecule has 2 amide bonds. The molecule has 2 aromatic rings. The highest BCUT2D eigenvalue weighted by Crippen LogP contribution is 2.34. The largest absolute Gasteiger partial charge is 0.362 e. The van der Waals surface area contributed by atoms with Gasteiger partial charge in [0.05, 0.1) is 5.69 Å². The first-order chi connectivity index (χ1) is 9.22. The number of amides is 2. The van der Waals surface area contributed by atoms with Gasteiger partial charge in [0.15, 0.2) is 0 Å². The summed E-state index contributed by atoms with van der Waals surface area (Å²) in [5.41, 5.74) is 9.62. The minimum absolute atomic E-state index is 0.575. The van der Waals surface area contributed by atoms with Gasteiger partial charge < -0.3 is 16.0 Å². The van der Waals surface area contributed by atoms with Gasteiger partial charge in [-0.3, -0.25) is 4.99 Å². The Morgan fingerprint density at radius 3 is 3.00 bits per heavy atom. The number of benzene rings is 1. The number of aromatic amines is 1. The fourth-order valence-corrected chi connectivity index (χ4v) is 2.03. The molecule has 0 unspecified atom stereocenters. The minimum atomic E-state index is -0.575. The lowest BCUT2D eigenvalue weighted by atomic mass is 10.1. The summed E-state index contributed by atoms with van der Waals surface area (Å²) in [6, 6.07) is 8.83. The van der Waals surface area contributed by atoms with E-state index in [0.717, 1.165) is 22.5 Å². The molecule has 0 aliphatic carbocycles. The lowest BCUT2D eigenvalue weighted by Crippen LogP contribution is -2.19. The first kappa shape index (κ1) is 11.3. The Bertz CT molecular complexity index is 683. The Morgan fingerprint density at radius 1 is 1.37 bits per heavy atom. The first-order valence-corrected chi connectivity index (χ1v) is 5.82. The summed E-state index contributed by atoms with van der Waals surface area (Å²) >= 11 is 0. The van der Waals surface area contributed by atoms with Gasteiger partial charge in [0.2, 0.25) is 0 Å². The summed E-state index contributed by atoms with van der Waals surface area (Å²) in [7, 11) is 0. The molecule has 1 aliphatic heterocycles. The number of rotatable bonds is 2. The number of hydrogen-bond donors (Lipinski definition) is 3. The molecule has 1 aliphatic rings. The summed E-state index contributed by atoms with van der Waals surface area (Å²) in [4.78, 5) is 18.3. The van der Waals surface area contributed by atoms with Crippen LogP contribution in [0.1, 0.15) is 11.3 Å². The molecule has 1 aromatic carbocycles. The lowest BCUT2D eigenvalue weighted by Gasteiger charge is -2.05. The third kappa shape index (κ3) is 2.26. The molecule has 0 spiro atoms. The van der Waals surface area contributed by atoms with Crippen molar-refractivity contribution in [3.63, 3.8) is 0 Å². The number of aromatic nitrogens is 1. The van der Waals surface area contributed by atoms with Gasteiger partial charge in [0.1, 0.15) is 0 Å². The molecular formula is C14H12N4O. The average Bonchev–Trinajstić information content (AvgIpc) is 3.00. The van der Waals surface area contributed by atoms with Crippen LogP contribution in [0.25, 0.3) is 11.6 Å². The van der Waals surface area contributed by atoms with Gasteiger partial charge in [-0.1, -0.05) is 0 Å². The molecule has 5 nitrogen and oxygen atoms in total. The summed E-state index contributed by atoms with van der Waals surface area (Å²) < 4.78 is 0. The van der Waals surface area contributed by atoms with E-state index in [0.29, 0.717) is 5.69 Å². The second kappa shape index (κ2) is 4.45. The summed E-state index contributed by atoms with van der Waals surface area (Å²) in [5, 5.41) is 2.56. The average molecular weight is 252 g/mol. The second-order valence-electron chi connectivity index (χ2n) is 4.20. The van der Waals surface area contributed by atoms with Crippen molar-refractivity contribution in [1.29, 1.82) is 0 Å². The SMILES string of the molecule is NC(=O)Nc1ccc2c(c1)C(=Cc1ccc[nH]1)C=N2. The Labute approximate surface area is 109 Å². The van der Waals surface area contributed by atoms with Crippen LogP contribution in [0.5, 0.6) is 0 Å². The molecular weight excluding hydrogens is 240 g/mol. The van der Waals surface area contributed by atoms with Crippen LogP contribution >= 0.6 is 0 Å². The number of nitrogens with two attached hydrogens (primary N) is 1. The van der Waals surface area contributed by atoms with Crippen molar-refractivity contribution in [3.05, 3.63) is 47.8 Å². The predicted molar refractivity (Wildman–Crippen MR) is 76.5 cm³/mol. The van der Waals surface area contributed by atoms with E-state index in [4.69, 9.17) is 5.73 Å². The molecule has 1 aromatic heterocycles. The van der Waals surface area contributed by atoms with Gasteiger partial charge in [-0.25, -0.2) is 4.79 Å². The number of nitrogens with zero attached hydrogens (tertiary/aromatic N) is 1. The maximum absolute atomic E-state index is 10.9. The van der Waals surface area contributed by atoms with Crippen molar-refractivity contribution in [2.75, 3.05) is 5.32 Å². The zero-order valence-electron chi connectivity index (χ0n) is 10.1. The maximum Gasteiger partial charge on any atom is 0.316 e. The Balaban J connectivity index is 1.98.